The number of amides is 1. The predicted molar refractivity (Wildman–Crippen MR) is 77.9 cm³/mol. The van der Waals surface area contributed by atoms with E-state index in [1.165, 1.54) is 37.0 Å². The molecule has 0 aliphatic heterocycles. The van der Waals surface area contributed by atoms with Crippen LogP contribution in [0.3, 0.4) is 0 Å². The molecule has 0 saturated carbocycles. The molecule has 2 aromatic rings. The van der Waals surface area contributed by atoms with E-state index in [4.69, 9.17) is 5.11 Å². The quantitative estimate of drug-likeness (QED) is 0.926. The summed E-state index contributed by atoms with van der Waals surface area (Å²) < 4.78 is 39.6. The van der Waals surface area contributed by atoms with Gasteiger partial charge in [-0.1, -0.05) is 6.07 Å². The minimum Gasteiger partial charge on any atom is -0.480 e. The number of rotatable bonds is 4. The van der Waals surface area contributed by atoms with Gasteiger partial charge in [-0.15, -0.1) is 0 Å². The van der Waals surface area contributed by atoms with Crippen molar-refractivity contribution in [3.63, 3.8) is 0 Å². The number of benzene rings is 1. The molecule has 1 N–H and O–H groups in total. The highest BCUT2D eigenvalue weighted by Crippen LogP contribution is 2.30. The number of carbonyl (C=O) groups is 2. The largest absolute Gasteiger partial charge is 0.480 e. The van der Waals surface area contributed by atoms with E-state index in [2.05, 4.69) is 5.10 Å². The summed E-state index contributed by atoms with van der Waals surface area (Å²) in [6, 6.07) is 4.55. The van der Waals surface area contributed by atoms with Crippen LogP contribution in [0.2, 0.25) is 0 Å². The van der Waals surface area contributed by atoms with Gasteiger partial charge in [0.05, 0.1) is 28.7 Å². The number of hydrogen-bond acceptors (Lipinski definition) is 3. The highest BCUT2D eigenvalue weighted by molar-refractivity contribution is 5.96. The van der Waals surface area contributed by atoms with Crippen LogP contribution in [0.1, 0.15) is 21.6 Å². The molecule has 2 rings (SSSR count). The third-order valence-electron chi connectivity index (χ3n) is 3.38. The zero-order valence-corrected chi connectivity index (χ0v) is 12.8. The Bertz CT molecular complexity index is 784. The van der Waals surface area contributed by atoms with Gasteiger partial charge in [0, 0.05) is 7.05 Å². The van der Waals surface area contributed by atoms with Crippen LogP contribution in [0.25, 0.3) is 5.69 Å². The van der Waals surface area contributed by atoms with Gasteiger partial charge in [-0.2, -0.15) is 18.3 Å². The Morgan fingerprint density at radius 3 is 2.58 bits per heavy atom. The molecule has 1 aromatic carbocycles. The Kier molecular flexibility index (Phi) is 4.63. The number of hydrogen-bond donors (Lipinski definition) is 1. The van der Waals surface area contributed by atoms with E-state index < -0.39 is 30.2 Å². The van der Waals surface area contributed by atoms with Gasteiger partial charge in [-0.05, 0) is 25.1 Å². The molecule has 24 heavy (non-hydrogen) atoms. The van der Waals surface area contributed by atoms with Crippen molar-refractivity contribution in [2.24, 2.45) is 0 Å². The third kappa shape index (κ3) is 3.55. The van der Waals surface area contributed by atoms with Crippen molar-refractivity contribution in [2.75, 3.05) is 13.6 Å². The SMILES string of the molecule is Cc1c(C(=O)N(C)CC(=O)O)cnn1-c1cccc(C(F)(F)F)c1. The average Bonchev–Trinajstić information content (AvgIpc) is 2.86. The van der Waals surface area contributed by atoms with E-state index >= 15 is 0 Å². The molecule has 0 bridgehead atoms. The van der Waals surface area contributed by atoms with Gasteiger partial charge in [-0.3, -0.25) is 9.59 Å². The Labute approximate surface area is 135 Å². The van der Waals surface area contributed by atoms with Crippen molar-refractivity contribution in [1.29, 1.82) is 0 Å². The fourth-order valence-electron chi connectivity index (χ4n) is 2.17. The van der Waals surface area contributed by atoms with Crippen molar-refractivity contribution in [2.45, 2.75) is 13.1 Å². The maximum atomic E-state index is 12.8. The zero-order valence-electron chi connectivity index (χ0n) is 12.8. The van der Waals surface area contributed by atoms with Crippen LogP contribution in [0.15, 0.2) is 30.5 Å². The Balaban J connectivity index is 2.37. The monoisotopic (exact) mass is 341 g/mol. The van der Waals surface area contributed by atoms with Crippen LogP contribution < -0.4 is 0 Å². The Morgan fingerprint density at radius 1 is 1.33 bits per heavy atom. The molecule has 0 aliphatic rings. The van der Waals surface area contributed by atoms with Crippen LogP contribution in [-0.4, -0.2) is 45.3 Å². The fraction of sp³-hybridized carbons (Fsp3) is 0.267. The standard InChI is InChI=1S/C15H14F3N3O3/c1-9-12(14(24)20(2)8-13(22)23)7-19-21(9)11-5-3-4-10(6-11)15(16,17)18/h3-7H,8H2,1-2H3,(H,22,23). The van der Waals surface area contributed by atoms with Gasteiger partial charge in [0.15, 0.2) is 0 Å². The van der Waals surface area contributed by atoms with Crippen LogP contribution in [0.4, 0.5) is 13.2 Å². The maximum Gasteiger partial charge on any atom is 0.416 e. The summed E-state index contributed by atoms with van der Waals surface area (Å²) >= 11 is 0. The number of aromatic nitrogens is 2. The number of nitrogens with zero attached hydrogens (tertiary/aromatic N) is 3. The molecule has 9 heteroatoms. The molecule has 1 aromatic heterocycles. The van der Waals surface area contributed by atoms with Gasteiger partial charge in [-0.25, -0.2) is 4.68 Å². The van der Waals surface area contributed by atoms with E-state index in [1.807, 2.05) is 0 Å². The Hall–Kier alpha value is -2.84. The van der Waals surface area contributed by atoms with Gasteiger partial charge >= 0.3 is 12.1 Å². The molecule has 6 nitrogen and oxygen atoms in total. The normalized spacial score (nSPS) is 11.4. The minimum atomic E-state index is -4.49. The number of carbonyl (C=O) groups excluding carboxylic acids is 1. The van der Waals surface area contributed by atoms with E-state index in [9.17, 15) is 22.8 Å². The lowest BCUT2D eigenvalue weighted by Crippen LogP contribution is -2.32. The Morgan fingerprint density at radius 2 is 2.00 bits per heavy atom. The maximum absolute atomic E-state index is 12.8. The van der Waals surface area contributed by atoms with Gasteiger partial charge in [0.2, 0.25) is 0 Å². The first-order valence-electron chi connectivity index (χ1n) is 6.80. The summed E-state index contributed by atoms with van der Waals surface area (Å²) in [6.07, 6.45) is -3.28. The van der Waals surface area contributed by atoms with Gasteiger partial charge in [0.25, 0.3) is 5.91 Å². The molecule has 0 atom stereocenters. The first kappa shape index (κ1) is 17.5. The number of carboxylic acids is 1. The molecule has 1 amide bonds. The summed E-state index contributed by atoms with van der Waals surface area (Å²) in [5.41, 5.74) is -0.235. The second-order valence-corrected chi connectivity index (χ2v) is 5.16. The van der Waals surface area contributed by atoms with Crippen molar-refractivity contribution in [3.8, 4) is 5.69 Å². The molecule has 0 fully saturated rings. The van der Waals surface area contributed by atoms with Crippen molar-refractivity contribution in [3.05, 3.63) is 47.3 Å². The summed E-state index contributed by atoms with van der Waals surface area (Å²) in [4.78, 5) is 23.9. The van der Waals surface area contributed by atoms with E-state index in [1.54, 1.807) is 0 Å². The first-order chi connectivity index (χ1) is 11.1. The van der Waals surface area contributed by atoms with Crippen LogP contribution in [0, 0.1) is 6.92 Å². The highest BCUT2D eigenvalue weighted by atomic mass is 19.4. The predicted octanol–water partition coefficient (Wildman–Crippen LogP) is 2.36. The number of halogens is 3. The molecule has 1 heterocycles. The molecule has 0 spiro atoms. The summed E-state index contributed by atoms with van der Waals surface area (Å²) in [5.74, 6) is -1.75. The van der Waals surface area contributed by atoms with Crippen LogP contribution >= 0.6 is 0 Å². The summed E-state index contributed by atoms with van der Waals surface area (Å²) in [5, 5.41) is 12.7. The van der Waals surface area contributed by atoms with E-state index in [-0.39, 0.29) is 11.3 Å². The number of alkyl halides is 3. The smallest absolute Gasteiger partial charge is 0.416 e. The van der Waals surface area contributed by atoms with Crippen molar-refractivity contribution < 1.29 is 27.9 Å². The third-order valence-corrected chi connectivity index (χ3v) is 3.38. The average molecular weight is 341 g/mol. The topological polar surface area (TPSA) is 75.4 Å². The van der Waals surface area contributed by atoms with Gasteiger partial charge in [0.1, 0.15) is 6.54 Å². The molecule has 0 saturated heterocycles. The molecule has 0 radical (unpaired) electrons. The second kappa shape index (κ2) is 6.34. The number of carboxylic acid groups (broad SMARTS) is 1. The first-order valence-corrected chi connectivity index (χ1v) is 6.80. The lowest BCUT2D eigenvalue weighted by Gasteiger charge is -2.14. The molecule has 128 valence electrons. The number of likely N-dealkylation sites (N-methyl/N-ethyl adjacent to an activating group) is 1. The van der Waals surface area contributed by atoms with Crippen LogP contribution in [-0.2, 0) is 11.0 Å². The zero-order chi connectivity index (χ0) is 18.1. The lowest BCUT2D eigenvalue weighted by molar-refractivity contribution is -0.138. The fourth-order valence-corrected chi connectivity index (χ4v) is 2.17. The molecular formula is C15H14F3N3O3. The molecular weight excluding hydrogens is 327 g/mol. The highest BCUT2D eigenvalue weighted by Gasteiger charge is 2.31. The van der Waals surface area contributed by atoms with E-state index in [0.29, 0.717) is 5.69 Å². The minimum absolute atomic E-state index is 0.121. The van der Waals surface area contributed by atoms with Crippen molar-refractivity contribution in [1.82, 2.24) is 14.7 Å². The molecule has 0 aliphatic carbocycles. The lowest BCUT2D eigenvalue weighted by atomic mass is 10.2. The second-order valence-electron chi connectivity index (χ2n) is 5.16. The van der Waals surface area contributed by atoms with E-state index in [0.717, 1.165) is 17.0 Å². The van der Waals surface area contributed by atoms with Gasteiger partial charge < -0.3 is 10.0 Å². The molecule has 0 unspecified atom stereocenters. The summed E-state index contributed by atoms with van der Waals surface area (Å²) in [7, 11) is 1.32. The number of aliphatic carboxylic acids is 1. The van der Waals surface area contributed by atoms with Crippen LogP contribution in [0.5, 0.6) is 0 Å². The van der Waals surface area contributed by atoms with Crippen molar-refractivity contribution >= 4 is 11.9 Å². The summed E-state index contributed by atoms with van der Waals surface area (Å²) in [6.45, 7) is 1.03.